The van der Waals surface area contributed by atoms with Gasteiger partial charge in [0.15, 0.2) is 0 Å². The van der Waals surface area contributed by atoms with Gasteiger partial charge in [-0.3, -0.25) is 4.79 Å². The molecule has 12 heavy (non-hydrogen) atoms. The fourth-order valence-electron chi connectivity index (χ4n) is 0.524. The van der Waals surface area contributed by atoms with Crippen molar-refractivity contribution in [3.8, 4) is 0 Å². The summed E-state index contributed by atoms with van der Waals surface area (Å²) in [6, 6.07) is 0. The van der Waals surface area contributed by atoms with Gasteiger partial charge in [-0.1, -0.05) is 0 Å². The molecule has 1 unspecified atom stereocenters. The monoisotopic (exact) mass is 196 g/mol. The molecular weight excluding hydrogens is 179 g/mol. The van der Waals surface area contributed by atoms with Gasteiger partial charge in [-0.15, -0.1) is 0 Å². The van der Waals surface area contributed by atoms with Crippen LogP contribution < -0.4 is 0 Å². The molecule has 0 saturated heterocycles. The highest BCUT2D eigenvalue weighted by Crippen LogP contribution is 1.83. The molecule has 0 spiro atoms. The van der Waals surface area contributed by atoms with E-state index in [0.717, 1.165) is 0 Å². The normalized spacial score (nSPS) is 9.08. The van der Waals surface area contributed by atoms with Crippen LogP contribution in [0.5, 0.6) is 0 Å². The molecule has 1 atom stereocenters. The lowest BCUT2D eigenvalue weighted by Gasteiger charge is -2.01. The minimum absolute atomic E-state index is 0. The van der Waals surface area contributed by atoms with Gasteiger partial charge in [0.1, 0.15) is 0 Å². The third kappa shape index (κ3) is 12.5. The van der Waals surface area contributed by atoms with Crippen molar-refractivity contribution in [2.75, 3.05) is 26.4 Å². The van der Waals surface area contributed by atoms with E-state index in [1.807, 2.05) is 6.92 Å². The molecule has 0 saturated carbocycles. The maximum absolute atomic E-state index is 9.98. The zero-order valence-corrected chi connectivity index (χ0v) is 8.83. The molecule has 0 aromatic rings. The van der Waals surface area contributed by atoms with Crippen molar-refractivity contribution in [1.29, 1.82) is 0 Å². The standard InChI is InChI=1S/C7H14O4.H3P/c1-2-10-5-6-11-4-3-7(8)9;/h2-6H2,1H3,(H,8,9);1H3. The molecule has 0 aromatic heterocycles. The summed E-state index contributed by atoms with van der Waals surface area (Å²) < 4.78 is 9.91. The summed E-state index contributed by atoms with van der Waals surface area (Å²) in [4.78, 5) is 9.98. The highest BCUT2D eigenvalue weighted by Gasteiger charge is 1.95. The Bertz CT molecular complexity index is 108. The van der Waals surface area contributed by atoms with E-state index in [1.165, 1.54) is 0 Å². The molecule has 4 nitrogen and oxygen atoms in total. The number of aliphatic carboxylic acids is 1. The van der Waals surface area contributed by atoms with Crippen molar-refractivity contribution in [2.45, 2.75) is 13.3 Å². The van der Waals surface area contributed by atoms with Crippen molar-refractivity contribution < 1.29 is 19.4 Å². The topological polar surface area (TPSA) is 55.8 Å². The Kier molecular flexibility index (Phi) is 12.9. The zero-order chi connectivity index (χ0) is 8.53. The van der Waals surface area contributed by atoms with Crippen LogP contribution in [0.25, 0.3) is 0 Å². The fourth-order valence-corrected chi connectivity index (χ4v) is 0.524. The molecule has 0 aliphatic heterocycles. The SMILES string of the molecule is CCOCCOCCC(=O)O.P. The Labute approximate surface area is 75.9 Å². The van der Waals surface area contributed by atoms with E-state index in [2.05, 4.69) is 0 Å². The number of carbonyl (C=O) groups is 1. The minimum Gasteiger partial charge on any atom is -0.481 e. The lowest BCUT2D eigenvalue weighted by atomic mass is 10.5. The van der Waals surface area contributed by atoms with Gasteiger partial charge in [-0.2, -0.15) is 9.90 Å². The Morgan fingerprint density at radius 3 is 2.33 bits per heavy atom. The van der Waals surface area contributed by atoms with Gasteiger partial charge in [0.25, 0.3) is 0 Å². The molecule has 0 aliphatic carbocycles. The predicted octanol–water partition coefficient (Wildman–Crippen LogP) is 0.572. The minimum atomic E-state index is -0.832. The summed E-state index contributed by atoms with van der Waals surface area (Å²) in [6.45, 7) is 3.85. The molecule has 0 heterocycles. The van der Waals surface area contributed by atoms with Gasteiger partial charge in [-0.05, 0) is 6.92 Å². The van der Waals surface area contributed by atoms with E-state index < -0.39 is 5.97 Å². The molecular formula is C7H17O4P. The maximum atomic E-state index is 9.98. The Morgan fingerprint density at radius 2 is 1.83 bits per heavy atom. The van der Waals surface area contributed by atoms with Gasteiger partial charge in [-0.25, -0.2) is 0 Å². The summed E-state index contributed by atoms with van der Waals surface area (Å²) in [5.74, 6) is -0.832. The van der Waals surface area contributed by atoms with Crippen LogP contribution in [0.1, 0.15) is 13.3 Å². The van der Waals surface area contributed by atoms with E-state index in [-0.39, 0.29) is 22.9 Å². The molecule has 0 fully saturated rings. The first-order valence-corrected chi connectivity index (χ1v) is 3.64. The molecule has 0 aromatic carbocycles. The number of ether oxygens (including phenoxy) is 2. The van der Waals surface area contributed by atoms with Crippen molar-refractivity contribution in [2.24, 2.45) is 0 Å². The number of carboxylic acids is 1. The predicted molar refractivity (Wildman–Crippen MR) is 50.7 cm³/mol. The van der Waals surface area contributed by atoms with Crippen molar-refractivity contribution in [3.05, 3.63) is 0 Å². The van der Waals surface area contributed by atoms with E-state index in [4.69, 9.17) is 14.6 Å². The number of rotatable bonds is 7. The summed E-state index contributed by atoms with van der Waals surface area (Å²) in [7, 11) is 0. The first kappa shape index (κ1) is 14.3. The largest absolute Gasteiger partial charge is 0.481 e. The average molecular weight is 196 g/mol. The van der Waals surface area contributed by atoms with Crippen LogP contribution in [0.3, 0.4) is 0 Å². The number of carboxylic acid groups (broad SMARTS) is 1. The van der Waals surface area contributed by atoms with E-state index >= 15 is 0 Å². The van der Waals surface area contributed by atoms with Gasteiger partial charge >= 0.3 is 5.97 Å². The lowest BCUT2D eigenvalue weighted by molar-refractivity contribution is -0.138. The van der Waals surface area contributed by atoms with Crippen LogP contribution in [0.15, 0.2) is 0 Å². The second-order valence-corrected chi connectivity index (χ2v) is 1.95. The molecule has 0 aliphatic rings. The van der Waals surface area contributed by atoms with Crippen molar-refractivity contribution >= 4 is 15.9 Å². The van der Waals surface area contributed by atoms with E-state index in [9.17, 15) is 4.79 Å². The molecule has 0 amide bonds. The zero-order valence-electron chi connectivity index (χ0n) is 7.41. The van der Waals surface area contributed by atoms with Crippen molar-refractivity contribution in [1.82, 2.24) is 0 Å². The smallest absolute Gasteiger partial charge is 0.305 e. The molecule has 0 rings (SSSR count). The number of hydrogen-bond donors (Lipinski definition) is 1. The molecule has 74 valence electrons. The summed E-state index contributed by atoms with van der Waals surface area (Å²) in [5.41, 5.74) is 0. The second kappa shape index (κ2) is 10.8. The quantitative estimate of drug-likeness (QED) is 0.478. The molecule has 1 N–H and O–H groups in total. The Balaban J connectivity index is 0. The Hall–Kier alpha value is -0.180. The van der Waals surface area contributed by atoms with Gasteiger partial charge in [0.2, 0.25) is 0 Å². The third-order valence-corrected chi connectivity index (χ3v) is 1.04. The highest BCUT2D eigenvalue weighted by atomic mass is 31.0. The maximum Gasteiger partial charge on any atom is 0.305 e. The van der Waals surface area contributed by atoms with Crippen LogP contribution in [0.2, 0.25) is 0 Å². The van der Waals surface area contributed by atoms with Crippen LogP contribution in [0.4, 0.5) is 0 Å². The van der Waals surface area contributed by atoms with Crippen LogP contribution in [0, 0.1) is 0 Å². The lowest BCUT2D eigenvalue weighted by Crippen LogP contribution is -2.07. The molecule has 0 bridgehead atoms. The van der Waals surface area contributed by atoms with Gasteiger partial charge in [0, 0.05) is 6.61 Å². The van der Waals surface area contributed by atoms with E-state index in [0.29, 0.717) is 19.8 Å². The summed E-state index contributed by atoms with van der Waals surface area (Å²) in [6.07, 6.45) is 0.0616. The fraction of sp³-hybridized carbons (Fsp3) is 0.857. The molecule has 0 radical (unpaired) electrons. The third-order valence-electron chi connectivity index (χ3n) is 1.04. The van der Waals surface area contributed by atoms with Gasteiger partial charge < -0.3 is 14.6 Å². The first-order chi connectivity index (χ1) is 5.27. The first-order valence-electron chi connectivity index (χ1n) is 3.64. The second-order valence-electron chi connectivity index (χ2n) is 1.95. The van der Waals surface area contributed by atoms with Crippen LogP contribution >= 0.6 is 9.90 Å². The Morgan fingerprint density at radius 1 is 1.25 bits per heavy atom. The highest BCUT2D eigenvalue weighted by molar-refractivity contribution is 6.92. The van der Waals surface area contributed by atoms with E-state index in [1.54, 1.807) is 0 Å². The van der Waals surface area contributed by atoms with Crippen LogP contribution in [-0.2, 0) is 14.3 Å². The number of hydrogen-bond acceptors (Lipinski definition) is 3. The molecule has 5 heteroatoms. The van der Waals surface area contributed by atoms with Crippen molar-refractivity contribution in [3.63, 3.8) is 0 Å². The summed E-state index contributed by atoms with van der Waals surface area (Å²) >= 11 is 0. The van der Waals surface area contributed by atoms with Crippen LogP contribution in [-0.4, -0.2) is 37.5 Å². The average Bonchev–Trinajstić information content (AvgIpc) is 1.96. The van der Waals surface area contributed by atoms with Gasteiger partial charge in [0.05, 0.1) is 26.2 Å². The summed E-state index contributed by atoms with van der Waals surface area (Å²) in [5, 5.41) is 8.20.